The van der Waals surface area contributed by atoms with Crippen molar-refractivity contribution in [2.24, 2.45) is 0 Å². The number of benzene rings is 2. The number of hydrogen-bond donors (Lipinski definition) is 0. The predicted molar refractivity (Wildman–Crippen MR) is 100 cm³/mol. The van der Waals surface area contributed by atoms with Crippen molar-refractivity contribution in [3.05, 3.63) is 82.1 Å². The molecule has 0 unspecified atom stereocenters. The second kappa shape index (κ2) is 10.2. The second-order valence-corrected chi connectivity index (χ2v) is 7.06. The minimum Gasteiger partial charge on any atom is -0.463 e. The Morgan fingerprint density at radius 2 is 1.39 bits per heavy atom. The Kier molecular flexibility index (Phi) is 7.84. The average Bonchev–Trinajstić information content (AvgIpc) is 2.59. The van der Waals surface area contributed by atoms with Gasteiger partial charge in [0, 0.05) is 21.8 Å². The van der Waals surface area contributed by atoms with Crippen molar-refractivity contribution < 1.29 is 9.53 Å². The van der Waals surface area contributed by atoms with E-state index in [1.54, 1.807) is 29.6 Å². The number of carbonyl (C=O) groups is 1. The van der Waals surface area contributed by atoms with Gasteiger partial charge in [0.1, 0.15) is 0 Å². The topological polar surface area (TPSA) is 26.3 Å². The zero-order valence-electron chi connectivity index (χ0n) is 13.1. The van der Waals surface area contributed by atoms with Crippen LogP contribution in [0, 0.1) is 0 Å². The Bertz CT molecular complexity index is 579. The first-order chi connectivity index (χ1) is 11.3. The van der Waals surface area contributed by atoms with Crippen molar-refractivity contribution in [2.75, 3.05) is 6.61 Å². The molecule has 4 heteroatoms. The third-order valence-electron chi connectivity index (χ3n) is 2.97. The summed E-state index contributed by atoms with van der Waals surface area (Å²) in [6.07, 6.45) is 1.60. The Morgan fingerprint density at radius 3 is 1.83 bits per heavy atom. The van der Waals surface area contributed by atoms with E-state index in [0.29, 0.717) is 6.61 Å². The van der Waals surface area contributed by atoms with Gasteiger partial charge in [0.15, 0.2) is 0 Å². The lowest BCUT2D eigenvalue weighted by Gasteiger charge is -2.08. The van der Waals surface area contributed by atoms with E-state index < -0.39 is 0 Å². The van der Waals surface area contributed by atoms with E-state index in [0.717, 1.165) is 15.7 Å². The van der Waals surface area contributed by atoms with Gasteiger partial charge in [-0.15, -0.1) is 23.5 Å². The fraction of sp³-hybridized carbons (Fsp3) is 0.211. The standard InChI is InChI=1S/C19H20O2S2/c1-2-21-18(20)13-19(22-14-16-9-5-3-6-10-16)23-15-17-11-7-4-8-12-17/h3-13H,2,14-15H2,1H3. The van der Waals surface area contributed by atoms with E-state index in [2.05, 4.69) is 24.3 Å². The minimum atomic E-state index is -0.274. The van der Waals surface area contributed by atoms with Crippen LogP contribution in [0.1, 0.15) is 18.1 Å². The molecule has 0 saturated carbocycles. The second-order valence-electron chi connectivity index (χ2n) is 4.76. The fourth-order valence-corrected chi connectivity index (χ4v) is 3.91. The fourth-order valence-electron chi connectivity index (χ4n) is 1.86. The van der Waals surface area contributed by atoms with Crippen LogP contribution in [-0.2, 0) is 21.0 Å². The van der Waals surface area contributed by atoms with Gasteiger partial charge in [-0.1, -0.05) is 60.7 Å². The van der Waals surface area contributed by atoms with Crippen molar-refractivity contribution in [1.29, 1.82) is 0 Å². The van der Waals surface area contributed by atoms with Crippen LogP contribution in [0.4, 0.5) is 0 Å². The molecule has 0 heterocycles. The molecule has 0 atom stereocenters. The molecule has 120 valence electrons. The minimum absolute atomic E-state index is 0.274. The summed E-state index contributed by atoms with van der Waals surface area (Å²) >= 11 is 3.34. The summed E-state index contributed by atoms with van der Waals surface area (Å²) in [5.74, 6) is 1.41. The normalized spacial score (nSPS) is 10.1. The summed E-state index contributed by atoms with van der Waals surface area (Å²) in [5, 5.41) is 0. The Morgan fingerprint density at radius 1 is 0.913 bits per heavy atom. The molecule has 0 spiro atoms. The van der Waals surface area contributed by atoms with E-state index in [9.17, 15) is 4.79 Å². The Labute approximate surface area is 146 Å². The average molecular weight is 345 g/mol. The summed E-state index contributed by atoms with van der Waals surface area (Å²) in [5.41, 5.74) is 2.49. The van der Waals surface area contributed by atoms with Gasteiger partial charge >= 0.3 is 5.97 Å². The molecule has 0 saturated heterocycles. The molecule has 0 aromatic heterocycles. The first-order valence-electron chi connectivity index (χ1n) is 7.50. The molecule has 0 aliphatic heterocycles. The van der Waals surface area contributed by atoms with E-state index in [1.807, 2.05) is 43.3 Å². The van der Waals surface area contributed by atoms with Crippen molar-refractivity contribution in [2.45, 2.75) is 18.4 Å². The van der Waals surface area contributed by atoms with Crippen LogP contribution in [0.5, 0.6) is 0 Å². The third kappa shape index (κ3) is 6.97. The van der Waals surface area contributed by atoms with Crippen molar-refractivity contribution in [3.8, 4) is 0 Å². The van der Waals surface area contributed by atoms with Crippen molar-refractivity contribution in [3.63, 3.8) is 0 Å². The zero-order chi connectivity index (χ0) is 16.3. The SMILES string of the molecule is CCOC(=O)C=C(SCc1ccccc1)SCc1ccccc1. The third-order valence-corrected chi connectivity index (χ3v) is 5.44. The molecular weight excluding hydrogens is 324 g/mol. The molecule has 2 aromatic carbocycles. The largest absolute Gasteiger partial charge is 0.463 e. The molecule has 0 bridgehead atoms. The maximum atomic E-state index is 11.8. The van der Waals surface area contributed by atoms with Crippen LogP contribution in [0.25, 0.3) is 0 Å². The zero-order valence-corrected chi connectivity index (χ0v) is 14.7. The van der Waals surface area contributed by atoms with E-state index in [4.69, 9.17) is 4.74 Å². The van der Waals surface area contributed by atoms with Crippen molar-refractivity contribution in [1.82, 2.24) is 0 Å². The highest BCUT2D eigenvalue weighted by molar-refractivity contribution is 8.21. The smallest absolute Gasteiger partial charge is 0.332 e. The van der Waals surface area contributed by atoms with Crippen molar-refractivity contribution >= 4 is 29.5 Å². The number of ether oxygens (including phenoxy) is 1. The highest BCUT2D eigenvalue weighted by Gasteiger charge is 2.06. The quantitative estimate of drug-likeness (QED) is 0.482. The molecule has 2 nitrogen and oxygen atoms in total. The first-order valence-corrected chi connectivity index (χ1v) is 9.47. The van der Waals surface area contributed by atoms with Crippen LogP contribution in [0.3, 0.4) is 0 Å². The first kappa shape index (κ1) is 17.7. The summed E-state index contributed by atoms with van der Waals surface area (Å²) in [7, 11) is 0. The molecule has 0 radical (unpaired) electrons. The predicted octanol–water partition coefficient (Wildman–Crippen LogP) is 5.26. The van der Waals surface area contributed by atoms with Gasteiger partial charge in [-0.25, -0.2) is 4.79 Å². The number of hydrogen-bond acceptors (Lipinski definition) is 4. The summed E-state index contributed by atoms with van der Waals surface area (Å²) in [4.78, 5) is 11.8. The monoisotopic (exact) mass is 344 g/mol. The van der Waals surface area contributed by atoms with Crippen LogP contribution in [-0.4, -0.2) is 12.6 Å². The van der Waals surface area contributed by atoms with Gasteiger partial charge in [0.25, 0.3) is 0 Å². The summed E-state index contributed by atoms with van der Waals surface area (Å²) in [6, 6.07) is 20.5. The molecule has 0 amide bonds. The number of thioether (sulfide) groups is 2. The lowest BCUT2D eigenvalue weighted by molar-refractivity contribution is -0.137. The Hall–Kier alpha value is -1.65. The van der Waals surface area contributed by atoms with E-state index in [1.165, 1.54) is 11.1 Å². The molecule has 0 N–H and O–H groups in total. The molecule has 0 aliphatic carbocycles. The van der Waals surface area contributed by atoms with Gasteiger partial charge in [-0.3, -0.25) is 0 Å². The van der Waals surface area contributed by atoms with Gasteiger partial charge in [0.05, 0.1) is 6.61 Å². The lowest BCUT2D eigenvalue weighted by atomic mass is 10.2. The lowest BCUT2D eigenvalue weighted by Crippen LogP contribution is -2.00. The van der Waals surface area contributed by atoms with Gasteiger partial charge in [-0.05, 0) is 18.1 Å². The molecule has 23 heavy (non-hydrogen) atoms. The van der Waals surface area contributed by atoms with Crippen LogP contribution in [0.2, 0.25) is 0 Å². The number of rotatable bonds is 8. The van der Waals surface area contributed by atoms with Crippen LogP contribution < -0.4 is 0 Å². The molecule has 0 aliphatic rings. The van der Waals surface area contributed by atoms with E-state index in [-0.39, 0.29) is 5.97 Å². The number of esters is 1. The molecule has 2 aromatic rings. The summed E-state index contributed by atoms with van der Waals surface area (Å²) < 4.78 is 6.02. The van der Waals surface area contributed by atoms with Gasteiger partial charge in [0.2, 0.25) is 0 Å². The molecular formula is C19H20O2S2. The van der Waals surface area contributed by atoms with E-state index >= 15 is 0 Å². The highest BCUT2D eigenvalue weighted by atomic mass is 32.2. The summed E-state index contributed by atoms with van der Waals surface area (Å²) in [6.45, 7) is 2.22. The maximum Gasteiger partial charge on any atom is 0.332 e. The van der Waals surface area contributed by atoms with Crippen LogP contribution in [0.15, 0.2) is 71.0 Å². The van der Waals surface area contributed by atoms with Gasteiger partial charge < -0.3 is 4.74 Å². The molecule has 2 rings (SSSR count). The number of carbonyl (C=O) groups excluding carboxylic acids is 1. The Balaban J connectivity index is 1.98. The molecule has 0 fully saturated rings. The highest BCUT2D eigenvalue weighted by Crippen LogP contribution is 2.33. The van der Waals surface area contributed by atoms with Crippen LogP contribution >= 0.6 is 23.5 Å². The van der Waals surface area contributed by atoms with Gasteiger partial charge in [-0.2, -0.15) is 0 Å². The maximum absolute atomic E-state index is 11.8.